The highest BCUT2D eigenvalue weighted by Gasteiger charge is 2.48. The van der Waals surface area contributed by atoms with Crippen molar-refractivity contribution in [2.24, 2.45) is 0 Å². The minimum Gasteiger partial charge on any atom is -0.494 e. The van der Waals surface area contributed by atoms with Crippen LogP contribution in [-0.4, -0.2) is 13.2 Å². The molecular weight excluding hydrogens is 1440 g/mol. The average Bonchev–Trinajstić information content (AvgIpc) is 1.56. The summed E-state index contributed by atoms with van der Waals surface area (Å²) in [7, 11) is 0. The van der Waals surface area contributed by atoms with Crippen LogP contribution in [0.25, 0.3) is 78.9 Å². The van der Waals surface area contributed by atoms with E-state index in [-0.39, 0.29) is 0 Å². The summed E-state index contributed by atoms with van der Waals surface area (Å²) in [6.45, 7) is 9.23. The van der Waals surface area contributed by atoms with Gasteiger partial charge in [-0.3, -0.25) is 0 Å². The highest BCUT2D eigenvalue weighted by Crippen LogP contribution is 2.60. The van der Waals surface area contributed by atoms with E-state index < -0.39 is 10.8 Å². The van der Waals surface area contributed by atoms with E-state index in [1.54, 1.807) is 0 Å². The molecule has 119 heavy (non-hydrogen) atoms. The maximum absolute atomic E-state index is 6.29. The topological polar surface area (TPSA) is 24.9 Å². The monoisotopic (exact) mass is 1540 g/mol. The van der Waals surface area contributed by atoms with Gasteiger partial charge in [0.05, 0.1) is 13.2 Å². The number of ether oxygens (including phenoxy) is 2. The van der Waals surface area contributed by atoms with Gasteiger partial charge in [-0.15, -0.1) is 0 Å². The number of benzene rings is 14. The van der Waals surface area contributed by atoms with Crippen LogP contribution in [0.2, 0.25) is 0 Å². The normalized spacial score (nSPS) is 15.3. The second kappa shape index (κ2) is 35.4. The highest BCUT2D eigenvalue weighted by atomic mass is 16.5. The van der Waals surface area contributed by atoms with Gasteiger partial charge in [-0.25, -0.2) is 0 Å². The van der Waals surface area contributed by atoms with Crippen molar-refractivity contribution >= 4 is 57.4 Å². The van der Waals surface area contributed by atoms with Crippen LogP contribution in [-0.2, 0) is 10.8 Å². The molecule has 0 heterocycles. The summed E-state index contributed by atoms with van der Waals surface area (Å²) < 4.78 is 12.6. The fourth-order valence-electron chi connectivity index (χ4n) is 19.0. The molecule has 0 saturated heterocycles. The number of anilines is 6. The smallest absolute Gasteiger partial charge is 0.119 e. The molecule has 14 aromatic rings. The molecule has 18 rings (SSSR count). The molecule has 4 nitrogen and oxygen atoms in total. The van der Waals surface area contributed by atoms with Gasteiger partial charge < -0.3 is 19.3 Å². The van der Waals surface area contributed by atoms with Gasteiger partial charge in [-0.1, -0.05) is 343 Å². The quantitative estimate of drug-likeness (QED) is 0.0319. The Hall–Kier alpha value is -13.7. The summed E-state index contributed by atoms with van der Waals surface area (Å²) in [4.78, 5) is 4.95. The predicted octanol–water partition coefficient (Wildman–Crippen LogP) is 30.7. The number of hydrogen-bond acceptors (Lipinski definition) is 4. The molecule has 0 amide bonds. The first-order valence-electron chi connectivity index (χ1n) is 42.6. The zero-order valence-corrected chi connectivity index (χ0v) is 67.7. The van der Waals surface area contributed by atoms with Crippen molar-refractivity contribution in [3.8, 4) is 79.0 Å². The first kappa shape index (κ1) is 76.6. The third-order valence-electron chi connectivity index (χ3n) is 24.9. The predicted molar refractivity (Wildman–Crippen MR) is 502 cm³/mol. The summed E-state index contributed by atoms with van der Waals surface area (Å²) in [5.74, 6) is 8.88. The Kier molecular flexibility index (Phi) is 22.8. The van der Waals surface area contributed by atoms with Crippen LogP contribution < -0.4 is 19.3 Å². The molecule has 0 bridgehead atoms. The lowest BCUT2D eigenvalue weighted by molar-refractivity contribution is 0.303. The lowest BCUT2D eigenvalue weighted by Gasteiger charge is -2.38. The first-order valence-corrected chi connectivity index (χ1v) is 42.6. The molecule has 0 fully saturated rings. The number of fused-ring (bicyclic) bond motifs is 5. The maximum atomic E-state index is 6.29. The van der Waals surface area contributed by atoms with Crippen LogP contribution in [0.4, 0.5) is 34.1 Å². The Morgan fingerprint density at radius 3 is 1.20 bits per heavy atom. The minimum atomic E-state index is -0.472. The second-order valence-corrected chi connectivity index (χ2v) is 31.8. The molecule has 0 spiro atoms. The third kappa shape index (κ3) is 15.7. The van der Waals surface area contributed by atoms with Crippen molar-refractivity contribution in [3.63, 3.8) is 0 Å². The molecule has 0 aliphatic heterocycles. The van der Waals surface area contributed by atoms with E-state index in [1.807, 2.05) is 36.4 Å². The Balaban J connectivity index is 0.704. The Labute approximate surface area is 703 Å². The lowest BCUT2D eigenvalue weighted by atomic mass is 9.65. The fourth-order valence-corrected chi connectivity index (χ4v) is 19.0. The van der Waals surface area contributed by atoms with Gasteiger partial charge in [0.25, 0.3) is 0 Å². The Morgan fingerprint density at radius 1 is 0.336 bits per heavy atom. The zero-order valence-electron chi connectivity index (χ0n) is 67.7. The average molecular weight is 1540 g/mol. The molecule has 4 aliphatic rings. The molecule has 0 N–H and O–H groups in total. The van der Waals surface area contributed by atoms with E-state index in [0.29, 0.717) is 19.6 Å². The zero-order chi connectivity index (χ0) is 80.2. The fraction of sp³-hybridized carbons (Fsp3) is 0.148. The van der Waals surface area contributed by atoms with Gasteiger partial charge >= 0.3 is 0 Å². The van der Waals surface area contributed by atoms with Gasteiger partial charge in [0, 0.05) is 51.4 Å². The number of allylic oxidation sites excluding steroid dienone is 8. The van der Waals surface area contributed by atoms with Gasteiger partial charge in [0.1, 0.15) is 11.5 Å². The molecule has 2 unspecified atom stereocenters. The summed E-state index contributed by atoms with van der Waals surface area (Å²) in [5.41, 5.74) is 33.2. The number of rotatable bonds is 31. The maximum Gasteiger partial charge on any atom is 0.119 e. The SMILES string of the molecule is C=Cc1ccc(OCCCCCCC2(c3ccccc3C3=CC=CCC3)C3=C(C=CC#CC3)c3ccc(N(c4ccc(-c5ccccc5)cc4)c4ccc(-c5ccc(N(c6ccc(-c7ccccc7)cc6)c6ccc7c(c6)C(CCCCCCOc6ccc(C=C)cc6)(c6ccccc6-c6ccccc6)c6ccccc6-7)cc5)cc4)cc32)cc1. The summed E-state index contributed by atoms with van der Waals surface area (Å²) in [6, 6.07) is 128. The van der Waals surface area contributed by atoms with E-state index in [0.717, 1.165) is 145 Å². The van der Waals surface area contributed by atoms with E-state index in [2.05, 4.69) is 387 Å². The summed E-state index contributed by atoms with van der Waals surface area (Å²) >= 11 is 0. The largest absolute Gasteiger partial charge is 0.494 e. The van der Waals surface area contributed by atoms with Crippen LogP contribution in [0.15, 0.2) is 395 Å². The van der Waals surface area contributed by atoms with E-state index >= 15 is 0 Å². The highest BCUT2D eigenvalue weighted by molar-refractivity contribution is 5.94. The van der Waals surface area contributed by atoms with Gasteiger partial charge in [-0.2, -0.15) is 0 Å². The molecule has 14 aromatic carbocycles. The van der Waals surface area contributed by atoms with E-state index in [9.17, 15) is 0 Å². The Morgan fingerprint density at radius 2 is 0.723 bits per heavy atom. The third-order valence-corrected chi connectivity index (χ3v) is 24.9. The van der Waals surface area contributed by atoms with Crippen LogP contribution in [0, 0.1) is 11.8 Å². The molecule has 0 aromatic heterocycles. The summed E-state index contributed by atoms with van der Waals surface area (Å²) in [5, 5.41) is 0. The Bertz CT molecular complexity index is 6140. The van der Waals surface area contributed by atoms with Crippen LogP contribution in [0.1, 0.15) is 134 Å². The van der Waals surface area contributed by atoms with Crippen molar-refractivity contribution in [1.29, 1.82) is 0 Å². The van der Waals surface area contributed by atoms with Gasteiger partial charge in [0.2, 0.25) is 0 Å². The first-order chi connectivity index (χ1) is 58.9. The van der Waals surface area contributed by atoms with Crippen LogP contribution in [0.3, 0.4) is 0 Å². The van der Waals surface area contributed by atoms with Crippen molar-refractivity contribution in [2.75, 3.05) is 23.0 Å². The minimum absolute atomic E-state index is 0.463. The number of unbranched alkanes of at least 4 members (excludes halogenated alkanes) is 6. The van der Waals surface area contributed by atoms with Gasteiger partial charge in [0.15, 0.2) is 0 Å². The van der Waals surface area contributed by atoms with Crippen molar-refractivity contribution in [1.82, 2.24) is 0 Å². The summed E-state index contributed by atoms with van der Waals surface area (Å²) in [6.07, 6.45) is 27.9. The molecule has 580 valence electrons. The van der Waals surface area contributed by atoms with E-state index in [4.69, 9.17) is 9.47 Å². The second-order valence-electron chi connectivity index (χ2n) is 31.8. The lowest BCUT2D eigenvalue weighted by Crippen LogP contribution is -2.30. The standard InChI is InChI=1S/C115H98N2O2/c1-3-84-50-72-100(73-51-84)118-80-32-7-5-30-78-114(108-47-27-24-42-102(108)92-38-18-11-19-39-92)110-46-23-13-22-44-104(110)106-76-70-98(82-112(106)114)116(94-62-54-88(55-63-94)86-34-14-9-15-35-86)96-66-58-90(59-67-96)91-60-68-97(69-61-91)117(95-64-56-89(57-65-95)87-36-16-10-17-37-87)99-71-77-107-105-45-26-29-49-111(105)115(113(107)83-99,109-48-28-25-43-103(109)93-40-20-12-21-41-93)79-31-6-8-33-81-119-101-74-52-85(4-2)53-75-101/h3-4,9-12,14-18,20-22,24-29,34-38,40-45,47-77,82-83H,1-2,5-8,19,30-33,39,46,78-81H2. The van der Waals surface area contributed by atoms with Crippen molar-refractivity contribution < 1.29 is 9.47 Å². The molecule has 0 saturated carbocycles. The molecule has 4 heteroatoms. The van der Waals surface area contributed by atoms with Crippen molar-refractivity contribution in [3.05, 3.63) is 445 Å². The van der Waals surface area contributed by atoms with Crippen LogP contribution >= 0.6 is 0 Å². The molecule has 0 radical (unpaired) electrons. The molecule has 2 atom stereocenters. The van der Waals surface area contributed by atoms with Gasteiger partial charge in [-0.05, 0) is 270 Å². The molecule has 4 aliphatic carbocycles. The van der Waals surface area contributed by atoms with E-state index in [1.165, 1.54) is 100 Å². The number of nitrogens with zero attached hydrogens (tertiary/aromatic N) is 2. The van der Waals surface area contributed by atoms with Crippen molar-refractivity contribution in [2.45, 2.75) is 94.3 Å². The van der Waals surface area contributed by atoms with Crippen LogP contribution in [0.5, 0.6) is 11.5 Å². The number of hydrogen-bond donors (Lipinski definition) is 0. The molecular formula is C115H98N2O2.